The maximum atomic E-state index is 11.8. The Morgan fingerprint density at radius 2 is 2.07 bits per heavy atom. The summed E-state index contributed by atoms with van der Waals surface area (Å²) in [6.45, 7) is 1.23. The van der Waals surface area contributed by atoms with Crippen LogP contribution in [0.25, 0.3) is 0 Å². The number of benzene rings is 1. The zero-order chi connectivity index (χ0) is 10.7. The predicted octanol–water partition coefficient (Wildman–Crippen LogP) is 1.58. The first kappa shape index (κ1) is 10.6. The number of carbonyl (C=O) groups excluding carboxylic acids is 1. The second kappa shape index (κ2) is 4.77. The van der Waals surface area contributed by atoms with E-state index in [0.29, 0.717) is 18.8 Å². The molecule has 1 heterocycles. The number of nitrogens with one attached hydrogen (secondary N) is 1. The van der Waals surface area contributed by atoms with Gasteiger partial charge in [-0.3, -0.25) is 4.79 Å². The third-order valence-corrected chi connectivity index (χ3v) is 3.27. The van der Waals surface area contributed by atoms with Crippen molar-refractivity contribution in [2.45, 2.75) is 10.9 Å². The summed E-state index contributed by atoms with van der Waals surface area (Å²) < 4.78 is 5.24. The van der Waals surface area contributed by atoms with E-state index in [1.807, 2.05) is 18.2 Å². The van der Waals surface area contributed by atoms with Crippen molar-refractivity contribution in [2.24, 2.45) is 0 Å². The van der Waals surface area contributed by atoms with E-state index in [1.165, 1.54) is 0 Å². The molecule has 1 aliphatic rings. The largest absolute Gasteiger partial charge is 0.378 e. The topological polar surface area (TPSA) is 38.3 Å². The zero-order valence-electron chi connectivity index (χ0n) is 8.15. The molecule has 1 amide bonds. The maximum absolute atomic E-state index is 11.8. The van der Waals surface area contributed by atoms with Crippen molar-refractivity contribution in [1.82, 2.24) is 5.32 Å². The normalized spacial score (nSPS) is 25.1. The van der Waals surface area contributed by atoms with Crippen LogP contribution in [-0.2, 0) is 4.74 Å². The van der Waals surface area contributed by atoms with E-state index in [2.05, 4.69) is 21.2 Å². The molecule has 1 N–H and O–H groups in total. The molecule has 3 nitrogen and oxygen atoms in total. The molecule has 80 valence electrons. The fraction of sp³-hybridized carbons (Fsp3) is 0.364. The maximum Gasteiger partial charge on any atom is 0.251 e. The SMILES string of the molecule is O=C(NC1COCC1Br)c1ccccc1. The van der Waals surface area contributed by atoms with Gasteiger partial charge in [-0.25, -0.2) is 0 Å². The van der Waals surface area contributed by atoms with Crippen LogP contribution in [0.5, 0.6) is 0 Å². The predicted molar refractivity (Wildman–Crippen MR) is 61.2 cm³/mol. The lowest BCUT2D eigenvalue weighted by Gasteiger charge is -2.13. The summed E-state index contributed by atoms with van der Waals surface area (Å²) in [7, 11) is 0. The van der Waals surface area contributed by atoms with Crippen molar-refractivity contribution in [2.75, 3.05) is 13.2 Å². The zero-order valence-corrected chi connectivity index (χ0v) is 9.74. The van der Waals surface area contributed by atoms with Crippen molar-refractivity contribution in [1.29, 1.82) is 0 Å². The van der Waals surface area contributed by atoms with E-state index in [0.717, 1.165) is 0 Å². The molecule has 0 bridgehead atoms. The second-order valence-corrected chi connectivity index (χ2v) is 4.68. The van der Waals surface area contributed by atoms with Crippen LogP contribution in [-0.4, -0.2) is 30.0 Å². The Bertz CT molecular complexity index is 342. The lowest BCUT2D eigenvalue weighted by molar-refractivity contribution is 0.0930. The van der Waals surface area contributed by atoms with Gasteiger partial charge in [0, 0.05) is 5.56 Å². The summed E-state index contributed by atoms with van der Waals surface area (Å²) in [6, 6.07) is 9.26. The van der Waals surface area contributed by atoms with Gasteiger partial charge in [-0.15, -0.1) is 0 Å². The van der Waals surface area contributed by atoms with Crippen molar-refractivity contribution < 1.29 is 9.53 Å². The lowest BCUT2D eigenvalue weighted by Crippen LogP contribution is -2.40. The van der Waals surface area contributed by atoms with Crippen LogP contribution in [0.2, 0.25) is 0 Å². The van der Waals surface area contributed by atoms with E-state index in [-0.39, 0.29) is 16.8 Å². The minimum absolute atomic E-state index is 0.0458. The highest BCUT2D eigenvalue weighted by Gasteiger charge is 2.27. The van der Waals surface area contributed by atoms with Gasteiger partial charge >= 0.3 is 0 Å². The van der Waals surface area contributed by atoms with Gasteiger partial charge in [0.05, 0.1) is 24.1 Å². The molecule has 15 heavy (non-hydrogen) atoms. The van der Waals surface area contributed by atoms with Crippen molar-refractivity contribution >= 4 is 21.8 Å². The van der Waals surface area contributed by atoms with E-state index < -0.39 is 0 Å². The standard InChI is InChI=1S/C11H12BrNO2/c12-9-6-15-7-10(9)13-11(14)8-4-2-1-3-5-8/h1-5,9-10H,6-7H2,(H,13,14). The molecule has 0 spiro atoms. The quantitative estimate of drug-likeness (QED) is 0.828. The van der Waals surface area contributed by atoms with Crippen LogP contribution in [0.15, 0.2) is 30.3 Å². The summed E-state index contributed by atoms with van der Waals surface area (Å²) in [5, 5.41) is 2.93. The van der Waals surface area contributed by atoms with Gasteiger partial charge in [-0.1, -0.05) is 34.1 Å². The Balaban J connectivity index is 1.98. The number of carbonyl (C=O) groups is 1. The summed E-state index contributed by atoms with van der Waals surface area (Å²) in [5.74, 6) is -0.0458. The number of alkyl halides is 1. The Morgan fingerprint density at radius 3 is 2.67 bits per heavy atom. The number of hydrogen-bond acceptors (Lipinski definition) is 2. The average molecular weight is 270 g/mol. The average Bonchev–Trinajstić information content (AvgIpc) is 2.66. The van der Waals surface area contributed by atoms with Gasteiger partial charge in [0.25, 0.3) is 5.91 Å². The molecule has 1 aromatic carbocycles. The van der Waals surface area contributed by atoms with Crippen molar-refractivity contribution in [3.05, 3.63) is 35.9 Å². The van der Waals surface area contributed by atoms with Gasteiger partial charge in [-0.2, -0.15) is 0 Å². The Morgan fingerprint density at radius 1 is 1.33 bits per heavy atom. The van der Waals surface area contributed by atoms with Crippen LogP contribution in [0.3, 0.4) is 0 Å². The Labute approximate surface area is 96.9 Å². The Kier molecular flexibility index (Phi) is 3.38. The van der Waals surface area contributed by atoms with E-state index in [9.17, 15) is 4.79 Å². The minimum Gasteiger partial charge on any atom is -0.378 e. The van der Waals surface area contributed by atoms with E-state index in [4.69, 9.17) is 4.74 Å². The van der Waals surface area contributed by atoms with E-state index >= 15 is 0 Å². The van der Waals surface area contributed by atoms with Crippen LogP contribution < -0.4 is 5.32 Å². The summed E-state index contributed by atoms with van der Waals surface area (Å²) in [6.07, 6.45) is 0. The van der Waals surface area contributed by atoms with E-state index in [1.54, 1.807) is 12.1 Å². The monoisotopic (exact) mass is 269 g/mol. The molecule has 1 saturated heterocycles. The number of halogens is 1. The minimum atomic E-state index is -0.0458. The number of amides is 1. The molecule has 0 aliphatic carbocycles. The van der Waals surface area contributed by atoms with Crippen LogP contribution in [0.4, 0.5) is 0 Å². The van der Waals surface area contributed by atoms with Gasteiger partial charge < -0.3 is 10.1 Å². The molecule has 2 atom stereocenters. The molecule has 4 heteroatoms. The molecule has 1 aromatic rings. The smallest absolute Gasteiger partial charge is 0.251 e. The van der Waals surface area contributed by atoms with Gasteiger partial charge in [0.2, 0.25) is 0 Å². The van der Waals surface area contributed by atoms with Gasteiger partial charge in [0.15, 0.2) is 0 Å². The first-order valence-corrected chi connectivity index (χ1v) is 5.76. The first-order chi connectivity index (χ1) is 7.27. The summed E-state index contributed by atoms with van der Waals surface area (Å²) >= 11 is 3.47. The molecule has 0 saturated carbocycles. The Hall–Kier alpha value is -0.870. The van der Waals surface area contributed by atoms with Crippen molar-refractivity contribution in [3.8, 4) is 0 Å². The number of rotatable bonds is 2. The molecule has 2 unspecified atom stereocenters. The molecular formula is C11H12BrNO2. The first-order valence-electron chi connectivity index (χ1n) is 4.85. The number of hydrogen-bond donors (Lipinski definition) is 1. The molecule has 0 radical (unpaired) electrons. The lowest BCUT2D eigenvalue weighted by atomic mass is 10.2. The molecule has 0 aromatic heterocycles. The highest BCUT2D eigenvalue weighted by Crippen LogP contribution is 2.14. The van der Waals surface area contributed by atoms with Crippen LogP contribution >= 0.6 is 15.9 Å². The highest BCUT2D eigenvalue weighted by molar-refractivity contribution is 9.09. The molecule has 1 aliphatic heterocycles. The van der Waals surface area contributed by atoms with Crippen LogP contribution in [0.1, 0.15) is 10.4 Å². The van der Waals surface area contributed by atoms with Crippen molar-refractivity contribution in [3.63, 3.8) is 0 Å². The van der Waals surface area contributed by atoms with Gasteiger partial charge in [0.1, 0.15) is 0 Å². The van der Waals surface area contributed by atoms with Crippen LogP contribution in [0, 0.1) is 0 Å². The fourth-order valence-electron chi connectivity index (χ4n) is 1.50. The number of ether oxygens (including phenoxy) is 1. The summed E-state index contributed by atoms with van der Waals surface area (Å²) in [4.78, 5) is 12.0. The second-order valence-electron chi connectivity index (χ2n) is 3.50. The third-order valence-electron chi connectivity index (χ3n) is 2.36. The summed E-state index contributed by atoms with van der Waals surface area (Å²) in [5.41, 5.74) is 0.684. The highest BCUT2D eigenvalue weighted by atomic mass is 79.9. The third kappa shape index (κ3) is 2.58. The fourth-order valence-corrected chi connectivity index (χ4v) is 1.97. The molecule has 1 fully saturated rings. The van der Waals surface area contributed by atoms with Gasteiger partial charge in [-0.05, 0) is 12.1 Å². The molecule has 2 rings (SSSR count). The molecular weight excluding hydrogens is 258 g/mol.